The topological polar surface area (TPSA) is 60.2 Å². The smallest absolute Gasteiger partial charge is 0.197 e. The van der Waals surface area contributed by atoms with Gasteiger partial charge in [0.25, 0.3) is 0 Å². The summed E-state index contributed by atoms with van der Waals surface area (Å²) < 4.78 is 9.69. The highest BCUT2D eigenvalue weighted by Crippen LogP contribution is 2.38. The Morgan fingerprint density at radius 2 is 2.29 bits per heavy atom. The summed E-state index contributed by atoms with van der Waals surface area (Å²) in [4.78, 5) is 0. The van der Waals surface area contributed by atoms with Gasteiger partial charge in [0.2, 0.25) is 0 Å². The fourth-order valence-corrected chi connectivity index (χ4v) is 1.88. The third-order valence-electron chi connectivity index (χ3n) is 1.94. The van der Waals surface area contributed by atoms with Gasteiger partial charge in [0.05, 0.1) is 6.10 Å². The highest BCUT2D eigenvalue weighted by Gasteiger charge is 2.24. The average molecular weight is 213 g/mol. The van der Waals surface area contributed by atoms with Gasteiger partial charge in [-0.3, -0.25) is 0 Å². The van der Waals surface area contributed by atoms with E-state index in [1.807, 2.05) is 13.8 Å². The number of nitrogens with one attached hydrogen (secondary N) is 1. The molecule has 3 N–H and O–H groups in total. The molecule has 0 bridgehead atoms. The van der Waals surface area contributed by atoms with Crippen molar-refractivity contribution < 1.29 is 4.74 Å². The van der Waals surface area contributed by atoms with Crippen LogP contribution in [-0.4, -0.2) is 16.5 Å². The summed E-state index contributed by atoms with van der Waals surface area (Å²) in [6, 6.07) is 0.601. The summed E-state index contributed by atoms with van der Waals surface area (Å²) >= 11 is 1.38. The molecular weight excluding hydrogens is 198 g/mol. The van der Waals surface area contributed by atoms with E-state index in [0.717, 1.165) is 10.8 Å². The van der Waals surface area contributed by atoms with Crippen molar-refractivity contribution >= 4 is 22.4 Å². The van der Waals surface area contributed by atoms with Crippen LogP contribution in [0.2, 0.25) is 0 Å². The summed E-state index contributed by atoms with van der Waals surface area (Å²) in [5.74, 6) is 1.21. The molecule has 0 saturated heterocycles. The fraction of sp³-hybridized carbons (Fsp3) is 0.667. The van der Waals surface area contributed by atoms with Crippen LogP contribution in [0.4, 0.5) is 10.8 Å². The number of anilines is 2. The second-order valence-electron chi connectivity index (χ2n) is 3.81. The highest BCUT2D eigenvalue weighted by molar-refractivity contribution is 7.11. The Hall–Kier alpha value is -0.970. The predicted octanol–water partition coefficient (Wildman–Crippen LogP) is 2.09. The monoisotopic (exact) mass is 213 g/mol. The standard InChI is InChI=1S/C9H15N3OS/c1-5(2)13-7-8(10)12-14-9(7)11-6-3-4-6/h5-6,11H,3-4H2,1-2H3,(H2,10,12). The van der Waals surface area contributed by atoms with Crippen LogP contribution in [0.3, 0.4) is 0 Å². The van der Waals surface area contributed by atoms with E-state index in [0.29, 0.717) is 11.9 Å². The average Bonchev–Trinajstić information content (AvgIpc) is 2.85. The van der Waals surface area contributed by atoms with E-state index in [1.54, 1.807) is 0 Å². The van der Waals surface area contributed by atoms with Crippen molar-refractivity contribution in [3.63, 3.8) is 0 Å². The number of nitrogen functional groups attached to an aromatic ring is 1. The molecule has 0 amide bonds. The Labute approximate surface area is 87.6 Å². The lowest BCUT2D eigenvalue weighted by atomic mass is 10.4. The molecule has 14 heavy (non-hydrogen) atoms. The Bertz CT molecular complexity index is 320. The molecule has 0 spiro atoms. The Morgan fingerprint density at radius 3 is 2.86 bits per heavy atom. The lowest BCUT2D eigenvalue weighted by Crippen LogP contribution is -2.09. The molecular formula is C9H15N3OS. The summed E-state index contributed by atoms with van der Waals surface area (Å²) in [5.41, 5.74) is 5.72. The first-order valence-corrected chi connectivity index (χ1v) is 5.62. The van der Waals surface area contributed by atoms with E-state index in [9.17, 15) is 0 Å². The number of hydrogen-bond donors (Lipinski definition) is 2. The zero-order valence-corrected chi connectivity index (χ0v) is 9.23. The third-order valence-corrected chi connectivity index (χ3v) is 2.71. The second-order valence-corrected chi connectivity index (χ2v) is 4.58. The molecule has 78 valence electrons. The SMILES string of the molecule is CC(C)Oc1c(N)nsc1NC1CC1. The number of nitrogens with two attached hydrogens (primary N) is 1. The maximum Gasteiger partial charge on any atom is 0.197 e. The largest absolute Gasteiger partial charge is 0.484 e. The summed E-state index contributed by atoms with van der Waals surface area (Å²) in [5, 5.41) is 4.33. The van der Waals surface area contributed by atoms with E-state index >= 15 is 0 Å². The third kappa shape index (κ3) is 2.09. The fourth-order valence-electron chi connectivity index (χ4n) is 1.15. The van der Waals surface area contributed by atoms with Gasteiger partial charge < -0.3 is 15.8 Å². The first-order chi connectivity index (χ1) is 6.66. The molecule has 0 aromatic carbocycles. The van der Waals surface area contributed by atoms with Crippen molar-refractivity contribution in [2.24, 2.45) is 0 Å². The van der Waals surface area contributed by atoms with E-state index in [1.165, 1.54) is 24.4 Å². The molecule has 1 aromatic rings. The van der Waals surface area contributed by atoms with Crippen LogP contribution in [0.1, 0.15) is 26.7 Å². The quantitative estimate of drug-likeness (QED) is 0.804. The molecule has 1 aliphatic rings. The minimum absolute atomic E-state index is 0.133. The van der Waals surface area contributed by atoms with E-state index in [-0.39, 0.29) is 6.10 Å². The van der Waals surface area contributed by atoms with E-state index in [2.05, 4.69) is 9.69 Å². The molecule has 4 nitrogen and oxygen atoms in total. The highest BCUT2D eigenvalue weighted by atomic mass is 32.1. The van der Waals surface area contributed by atoms with Crippen molar-refractivity contribution in [2.75, 3.05) is 11.1 Å². The number of aromatic nitrogens is 1. The van der Waals surface area contributed by atoms with Crippen LogP contribution in [0, 0.1) is 0 Å². The number of nitrogens with zero attached hydrogens (tertiary/aromatic N) is 1. The van der Waals surface area contributed by atoms with Gasteiger partial charge in [-0.1, -0.05) is 0 Å². The minimum atomic E-state index is 0.133. The minimum Gasteiger partial charge on any atom is -0.484 e. The first kappa shape index (κ1) is 9.58. The van der Waals surface area contributed by atoms with Crippen LogP contribution >= 0.6 is 11.5 Å². The van der Waals surface area contributed by atoms with Crippen molar-refractivity contribution in [3.8, 4) is 5.75 Å². The van der Waals surface area contributed by atoms with Crippen LogP contribution in [-0.2, 0) is 0 Å². The summed E-state index contributed by atoms with van der Waals surface area (Å²) in [6.45, 7) is 3.97. The molecule has 1 heterocycles. The summed E-state index contributed by atoms with van der Waals surface area (Å²) in [7, 11) is 0. The zero-order valence-electron chi connectivity index (χ0n) is 8.41. The lowest BCUT2D eigenvalue weighted by Gasteiger charge is -2.10. The zero-order chi connectivity index (χ0) is 10.1. The molecule has 1 saturated carbocycles. The number of ether oxygens (including phenoxy) is 1. The van der Waals surface area contributed by atoms with Gasteiger partial charge in [-0.15, -0.1) is 0 Å². The van der Waals surface area contributed by atoms with Gasteiger partial charge in [-0.25, -0.2) is 0 Å². The molecule has 5 heteroatoms. The molecule has 0 aliphatic heterocycles. The maximum atomic E-state index is 5.72. The summed E-state index contributed by atoms with van der Waals surface area (Å²) in [6.07, 6.45) is 2.60. The van der Waals surface area contributed by atoms with Crippen molar-refractivity contribution in [1.82, 2.24) is 4.37 Å². The predicted molar refractivity (Wildman–Crippen MR) is 58.9 cm³/mol. The van der Waals surface area contributed by atoms with Gasteiger partial charge in [0.1, 0.15) is 0 Å². The molecule has 1 aromatic heterocycles. The maximum absolute atomic E-state index is 5.72. The number of hydrogen-bond acceptors (Lipinski definition) is 5. The van der Waals surface area contributed by atoms with Crippen LogP contribution in [0.25, 0.3) is 0 Å². The van der Waals surface area contributed by atoms with Crippen LogP contribution < -0.4 is 15.8 Å². The molecule has 1 aliphatic carbocycles. The Balaban J connectivity index is 2.12. The van der Waals surface area contributed by atoms with Gasteiger partial charge in [0, 0.05) is 6.04 Å². The number of rotatable bonds is 4. The lowest BCUT2D eigenvalue weighted by molar-refractivity contribution is 0.245. The molecule has 0 atom stereocenters. The molecule has 0 radical (unpaired) electrons. The molecule has 2 rings (SSSR count). The first-order valence-electron chi connectivity index (χ1n) is 4.85. The van der Waals surface area contributed by atoms with Crippen LogP contribution in [0.5, 0.6) is 5.75 Å². The van der Waals surface area contributed by atoms with E-state index < -0.39 is 0 Å². The van der Waals surface area contributed by atoms with Crippen molar-refractivity contribution in [3.05, 3.63) is 0 Å². The van der Waals surface area contributed by atoms with Gasteiger partial charge >= 0.3 is 0 Å². The molecule has 1 fully saturated rings. The van der Waals surface area contributed by atoms with Crippen molar-refractivity contribution in [1.29, 1.82) is 0 Å². The van der Waals surface area contributed by atoms with Gasteiger partial charge in [-0.2, -0.15) is 4.37 Å². The van der Waals surface area contributed by atoms with Crippen LogP contribution in [0.15, 0.2) is 0 Å². The van der Waals surface area contributed by atoms with Gasteiger partial charge in [0.15, 0.2) is 16.6 Å². The Kier molecular flexibility index (Phi) is 2.50. The second kappa shape index (κ2) is 3.65. The molecule has 0 unspecified atom stereocenters. The Morgan fingerprint density at radius 1 is 1.57 bits per heavy atom. The van der Waals surface area contributed by atoms with Gasteiger partial charge in [-0.05, 0) is 38.2 Å². The van der Waals surface area contributed by atoms with E-state index in [4.69, 9.17) is 10.5 Å². The normalized spacial score (nSPS) is 15.9. The van der Waals surface area contributed by atoms with Crippen molar-refractivity contribution in [2.45, 2.75) is 38.8 Å².